The van der Waals surface area contributed by atoms with Gasteiger partial charge in [-0.1, -0.05) is 42.5 Å². The minimum absolute atomic E-state index is 0.171. The molecule has 2 aromatic rings. The first kappa shape index (κ1) is 22.9. The summed E-state index contributed by atoms with van der Waals surface area (Å²) in [6.07, 6.45) is 2.78. The van der Waals surface area contributed by atoms with Gasteiger partial charge in [0, 0.05) is 29.9 Å². The molecule has 8 heteroatoms. The van der Waals surface area contributed by atoms with E-state index in [9.17, 15) is 14.4 Å². The fraction of sp³-hybridized carbons (Fsp3) is 0.292. The van der Waals surface area contributed by atoms with Crippen LogP contribution >= 0.6 is 0 Å². The molecule has 3 rings (SSSR count). The van der Waals surface area contributed by atoms with E-state index in [0.29, 0.717) is 12.1 Å². The summed E-state index contributed by atoms with van der Waals surface area (Å²) in [5, 5.41) is 11.5. The van der Waals surface area contributed by atoms with Gasteiger partial charge in [-0.25, -0.2) is 4.79 Å². The van der Waals surface area contributed by atoms with Crippen LogP contribution in [-0.4, -0.2) is 23.4 Å². The molecule has 4 N–H and O–H groups in total. The van der Waals surface area contributed by atoms with Crippen LogP contribution in [0.2, 0.25) is 0 Å². The SMILES string of the molecule is CC(C)(CCC(=O)Nc1cccc(C2NC=CC(=O)N2)c1)NC(=O)OCc1ccccc1. The van der Waals surface area contributed by atoms with Crippen LogP contribution in [0.3, 0.4) is 0 Å². The van der Waals surface area contributed by atoms with Crippen molar-refractivity contribution in [2.75, 3.05) is 5.32 Å². The molecule has 0 bridgehead atoms. The van der Waals surface area contributed by atoms with Gasteiger partial charge in [-0.05, 0) is 43.5 Å². The lowest BCUT2D eigenvalue weighted by atomic mass is 9.98. The number of carbonyl (C=O) groups excluding carboxylic acids is 3. The van der Waals surface area contributed by atoms with Crippen LogP contribution in [0.15, 0.2) is 66.9 Å². The quantitative estimate of drug-likeness (QED) is 0.508. The lowest BCUT2D eigenvalue weighted by molar-refractivity contribution is -0.118. The van der Waals surface area contributed by atoms with E-state index in [4.69, 9.17) is 4.74 Å². The van der Waals surface area contributed by atoms with Crippen molar-refractivity contribution in [1.82, 2.24) is 16.0 Å². The summed E-state index contributed by atoms with van der Waals surface area (Å²) in [5.41, 5.74) is 1.74. The minimum Gasteiger partial charge on any atom is -0.445 e. The first-order valence-electron chi connectivity index (χ1n) is 10.4. The monoisotopic (exact) mass is 436 g/mol. The summed E-state index contributed by atoms with van der Waals surface area (Å²) in [4.78, 5) is 36.1. The summed E-state index contributed by atoms with van der Waals surface area (Å²) in [5.74, 6) is -0.351. The number of amides is 3. The number of ether oxygens (including phenoxy) is 1. The molecule has 32 heavy (non-hydrogen) atoms. The van der Waals surface area contributed by atoms with Gasteiger partial charge in [-0.2, -0.15) is 0 Å². The second-order valence-corrected chi connectivity index (χ2v) is 8.19. The molecule has 2 aromatic carbocycles. The second-order valence-electron chi connectivity index (χ2n) is 8.19. The number of alkyl carbamates (subject to hydrolysis) is 1. The van der Waals surface area contributed by atoms with Crippen molar-refractivity contribution in [3.8, 4) is 0 Å². The molecule has 1 aliphatic rings. The molecule has 0 aliphatic carbocycles. The highest BCUT2D eigenvalue weighted by atomic mass is 16.5. The van der Waals surface area contributed by atoms with Crippen LogP contribution in [0.1, 0.15) is 44.0 Å². The predicted octanol–water partition coefficient (Wildman–Crippen LogP) is 3.34. The van der Waals surface area contributed by atoms with Crippen LogP contribution in [-0.2, 0) is 20.9 Å². The molecule has 0 saturated heterocycles. The Hall–Kier alpha value is -3.81. The number of hydrogen-bond donors (Lipinski definition) is 4. The maximum absolute atomic E-state index is 12.4. The number of rotatable bonds is 8. The zero-order valence-electron chi connectivity index (χ0n) is 18.2. The van der Waals surface area contributed by atoms with E-state index in [0.717, 1.165) is 11.1 Å². The Morgan fingerprint density at radius 3 is 2.62 bits per heavy atom. The van der Waals surface area contributed by atoms with Crippen molar-refractivity contribution < 1.29 is 19.1 Å². The second kappa shape index (κ2) is 10.5. The maximum atomic E-state index is 12.4. The molecule has 3 amide bonds. The maximum Gasteiger partial charge on any atom is 0.407 e. The molecule has 168 valence electrons. The third kappa shape index (κ3) is 7.16. The van der Waals surface area contributed by atoms with Crippen LogP contribution in [0.25, 0.3) is 0 Å². The lowest BCUT2D eigenvalue weighted by Crippen LogP contribution is -2.44. The van der Waals surface area contributed by atoms with Crippen LogP contribution in [0, 0.1) is 0 Å². The third-order valence-corrected chi connectivity index (χ3v) is 4.92. The highest BCUT2D eigenvalue weighted by molar-refractivity contribution is 5.91. The van der Waals surface area contributed by atoms with E-state index >= 15 is 0 Å². The predicted molar refractivity (Wildman–Crippen MR) is 121 cm³/mol. The Balaban J connectivity index is 1.45. The Kier molecular flexibility index (Phi) is 7.49. The van der Waals surface area contributed by atoms with Crippen molar-refractivity contribution in [3.63, 3.8) is 0 Å². The molecule has 0 radical (unpaired) electrons. The standard InChI is InChI=1S/C24H28N4O4/c1-24(2,28-23(31)32-16-17-7-4-3-5-8-17)13-11-20(29)26-19-10-6-9-18(15-19)22-25-14-12-21(30)27-22/h3-10,12,14-15,22,25H,11,13,16H2,1-2H3,(H,26,29)(H,27,30)(H,28,31). The third-order valence-electron chi connectivity index (χ3n) is 4.92. The van der Waals surface area contributed by atoms with Gasteiger partial charge in [0.05, 0.1) is 0 Å². The zero-order valence-corrected chi connectivity index (χ0v) is 18.2. The fourth-order valence-electron chi connectivity index (χ4n) is 3.18. The van der Waals surface area contributed by atoms with Gasteiger partial charge in [0.25, 0.3) is 0 Å². The van der Waals surface area contributed by atoms with Gasteiger partial charge >= 0.3 is 6.09 Å². The Bertz CT molecular complexity index is 989. The number of hydrogen-bond acceptors (Lipinski definition) is 5. The first-order chi connectivity index (χ1) is 15.3. The van der Waals surface area contributed by atoms with Gasteiger partial charge in [0.2, 0.25) is 11.8 Å². The van der Waals surface area contributed by atoms with E-state index < -0.39 is 11.6 Å². The minimum atomic E-state index is -0.615. The Labute approximate surface area is 187 Å². The van der Waals surface area contributed by atoms with Crippen LogP contribution < -0.4 is 21.3 Å². The molecule has 0 saturated carbocycles. The molecule has 1 aliphatic heterocycles. The summed E-state index contributed by atoms with van der Waals surface area (Å²) >= 11 is 0. The largest absolute Gasteiger partial charge is 0.445 e. The zero-order chi connectivity index (χ0) is 23.0. The van der Waals surface area contributed by atoms with Crippen molar-refractivity contribution >= 4 is 23.6 Å². The fourth-order valence-corrected chi connectivity index (χ4v) is 3.18. The van der Waals surface area contributed by atoms with E-state index in [1.165, 1.54) is 6.08 Å². The number of anilines is 1. The molecule has 8 nitrogen and oxygen atoms in total. The Morgan fingerprint density at radius 1 is 1.09 bits per heavy atom. The molecule has 0 fully saturated rings. The summed E-state index contributed by atoms with van der Waals surface area (Å²) in [6, 6.07) is 16.7. The van der Waals surface area contributed by atoms with Gasteiger partial charge < -0.3 is 26.0 Å². The molecule has 1 unspecified atom stereocenters. The van der Waals surface area contributed by atoms with Gasteiger partial charge in [0.1, 0.15) is 12.8 Å². The molecule has 1 atom stereocenters. The molecular weight excluding hydrogens is 408 g/mol. The van der Waals surface area contributed by atoms with Crippen molar-refractivity contribution in [2.24, 2.45) is 0 Å². The van der Waals surface area contributed by atoms with E-state index in [-0.39, 0.29) is 31.0 Å². The number of benzene rings is 2. The average Bonchev–Trinajstić information content (AvgIpc) is 2.77. The Morgan fingerprint density at radius 2 is 1.88 bits per heavy atom. The number of nitrogens with one attached hydrogen (secondary N) is 4. The van der Waals surface area contributed by atoms with Gasteiger partial charge in [0.15, 0.2) is 0 Å². The molecular formula is C24H28N4O4. The molecule has 0 aromatic heterocycles. The highest BCUT2D eigenvalue weighted by Gasteiger charge is 2.23. The van der Waals surface area contributed by atoms with Crippen LogP contribution in [0.4, 0.5) is 10.5 Å². The van der Waals surface area contributed by atoms with Crippen molar-refractivity contribution in [1.29, 1.82) is 0 Å². The van der Waals surface area contributed by atoms with E-state index in [1.54, 1.807) is 18.3 Å². The molecule has 0 spiro atoms. The molecule has 1 heterocycles. The summed E-state index contributed by atoms with van der Waals surface area (Å²) in [6.45, 7) is 3.87. The summed E-state index contributed by atoms with van der Waals surface area (Å²) < 4.78 is 5.25. The van der Waals surface area contributed by atoms with Crippen molar-refractivity contribution in [2.45, 2.75) is 45.0 Å². The topological polar surface area (TPSA) is 109 Å². The summed E-state index contributed by atoms with van der Waals surface area (Å²) in [7, 11) is 0. The highest BCUT2D eigenvalue weighted by Crippen LogP contribution is 2.19. The average molecular weight is 437 g/mol. The normalized spacial score (nSPS) is 15.3. The van der Waals surface area contributed by atoms with Gasteiger partial charge in [-0.3, -0.25) is 9.59 Å². The number of carbonyl (C=O) groups is 3. The lowest BCUT2D eigenvalue weighted by Gasteiger charge is -2.25. The first-order valence-corrected chi connectivity index (χ1v) is 10.4. The van der Waals surface area contributed by atoms with E-state index in [1.807, 2.05) is 56.3 Å². The van der Waals surface area contributed by atoms with E-state index in [2.05, 4.69) is 21.3 Å². The van der Waals surface area contributed by atoms with Crippen molar-refractivity contribution in [3.05, 3.63) is 78.0 Å². The van der Waals surface area contributed by atoms with Gasteiger partial charge in [-0.15, -0.1) is 0 Å². The smallest absolute Gasteiger partial charge is 0.407 e. The van der Waals surface area contributed by atoms with Crippen LogP contribution in [0.5, 0.6) is 0 Å².